The number of hydrogen-bond donors (Lipinski definition) is 1. The lowest BCUT2D eigenvalue weighted by molar-refractivity contribution is 0.185. The normalized spacial score (nSPS) is 11.1. The van der Waals surface area contributed by atoms with Crippen molar-refractivity contribution in [1.82, 2.24) is 9.78 Å². The Morgan fingerprint density at radius 2 is 2.14 bits per heavy atom. The summed E-state index contributed by atoms with van der Waals surface area (Å²) in [6, 6.07) is 6.13. The predicted molar refractivity (Wildman–Crippen MR) is 89.5 cm³/mol. The van der Waals surface area contributed by atoms with Crippen LogP contribution in [-0.2, 0) is 24.9 Å². The van der Waals surface area contributed by atoms with Crippen molar-refractivity contribution < 1.29 is 4.74 Å². The molecule has 0 radical (unpaired) electrons. The van der Waals surface area contributed by atoms with Gasteiger partial charge in [0.05, 0.1) is 12.3 Å². The molecule has 0 amide bonds. The van der Waals surface area contributed by atoms with Crippen molar-refractivity contribution in [2.24, 2.45) is 7.05 Å². The molecule has 114 valence electrons. The molecule has 0 bridgehead atoms. The summed E-state index contributed by atoms with van der Waals surface area (Å²) in [5.74, 6) is 0.420. The van der Waals surface area contributed by atoms with Crippen LogP contribution in [0.4, 0.5) is 5.69 Å². The standard InChI is InChI=1S/C16H22BrN3O/c1-11(2)16-12(9-20(3)19-16)8-18-15-7-5-6-14(17)13(15)10-21-4/h5-7,9,11,18H,8,10H2,1-4H3. The van der Waals surface area contributed by atoms with Crippen LogP contribution in [0.15, 0.2) is 28.9 Å². The lowest BCUT2D eigenvalue weighted by atomic mass is 10.1. The minimum atomic E-state index is 0.420. The Kier molecular flexibility index (Phi) is 5.42. The first-order valence-corrected chi connectivity index (χ1v) is 7.84. The van der Waals surface area contributed by atoms with Crippen molar-refractivity contribution in [3.63, 3.8) is 0 Å². The lowest BCUT2D eigenvalue weighted by Gasteiger charge is -2.13. The van der Waals surface area contributed by atoms with E-state index in [-0.39, 0.29) is 0 Å². The predicted octanol–water partition coefficient (Wildman–Crippen LogP) is 4.06. The molecule has 1 heterocycles. The monoisotopic (exact) mass is 351 g/mol. The maximum atomic E-state index is 5.28. The Bertz CT molecular complexity index is 608. The van der Waals surface area contributed by atoms with Crippen LogP contribution in [0.3, 0.4) is 0 Å². The Hall–Kier alpha value is -1.33. The molecule has 2 rings (SSSR count). The van der Waals surface area contributed by atoms with Crippen LogP contribution in [-0.4, -0.2) is 16.9 Å². The molecule has 0 atom stereocenters. The first kappa shape index (κ1) is 16.0. The largest absolute Gasteiger partial charge is 0.381 e. The molecule has 2 aromatic rings. The average molecular weight is 352 g/mol. The van der Waals surface area contributed by atoms with E-state index in [1.165, 1.54) is 5.56 Å². The van der Waals surface area contributed by atoms with E-state index in [0.717, 1.165) is 28.0 Å². The third-order valence-electron chi connectivity index (χ3n) is 3.36. The first-order valence-electron chi connectivity index (χ1n) is 7.05. The number of ether oxygens (including phenoxy) is 1. The molecule has 0 unspecified atom stereocenters. The molecule has 0 aliphatic rings. The fourth-order valence-electron chi connectivity index (χ4n) is 2.38. The number of methoxy groups -OCH3 is 1. The van der Waals surface area contributed by atoms with Crippen LogP contribution in [0.1, 0.15) is 36.6 Å². The third kappa shape index (κ3) is 3.86. The third-order valence-corrected chi connectivity index (χ3v) is 4.10. The van der Waals surface area contributed by atoms with Crippen LogP contribution in [0, 0.1) is 0 Å². The van der Waals surface area contributed by atoms with E-state index in [0.29, 0.717) is 12.5 Å². The SMILES string of the molecule is COCc1c(Br)cccc1NCc1cn(C)nc1C(C)C. The Balaban J connectivity index is 2.19. The molecule has 5 heteroatoms. The van der Waals surface area contributed by atoms with Gasteiger partial charge in [0, 0.05) is 48.2 Å². The molecule has 0 aliphatic heterocycles. The van der Waals surface area contributed by atoms with Gasteiger partial charge in [-0.3, -0.25) is 4.68 Å². The highest BCUT2D eigenvalue weighted by molar-refractivity contribution is 9.10. The zero-order valence-electron chi connectivity index (χ0n) is 13.0. The van der Waals surface area contributed by atoms with E-state index in [4.69, 9.17) is 4.74 Å². The number of nitrogens with one attached hydrogen (secondary N) is 1. The van der Waals surface area contributed by atoms with E-state index in [1.807, 2.05) is 23.9 Å². The van der Waals surface area contributed by atoms with Crippen molar-refractivity contribution in [3.05, 3.63) is 45.7 Å². The first-order chi connectivity index (χ1) is 10.0. The molecular weight excluding hydrogens is 330 g/mol. The second kappa shape index (κ2) is 7.09. The van der Waals surface area contributed by atoms with Crippen LogP contribution in [0.2, 0.25) is 0 Å². The molecule has 1 N–H and O–H groups in total. The van der Waals surface area contributed by atoms with Crippen molar-refractivity contribution in [2.75, 3.05) is 12.4 Å². The number of hydrogen-bond acceptors (Lipinski definition) is 3. The van der Waals surface area contributed by atoms with E-state index >= 15 is 0 Å². The number of anilines is 1. The summed E-state index contributed by atoms with van der Waals surface area (Å²) in [6.45, 7) is 5.67. The zero-order valence-corrected chi connectivity index (χ0v) is 14.6. The van der Waals surface area contributed by atoms with Gasteiger partial charge in [-0.1, -0.05) is 35.8 Å². The zero-order chi connectivity index (χ0) is 15.4. The summed E-state index contributed by atoms with van der Waals surface area (Å²) in [7, 11) is 3.67. The second-order valence-corrected chi connectivity index (χ2v) is 6.27. The van der Waals surface area contributed by atoms with Gasteiger partial charge in [0.2, 0.25) is 0 Å². The molecule has 0 spiro atoms. The van der Waals surface area contributed by atoms with Gasteiger partial charge in [-0.05, 0) is 18.1 Å². The number of aromatic nitrogens is 2. The summed E-state index contributed by atoms with van der Waals surface area (Å²) in [5.41, 5.74) is 4.60. The van der Waals surface area contributed by atoms with Crippen molar-refractivity contribution in [1.29, 1.82) is 0 Å². The Labute approximate surface area is 134 Å². The van der Waals surface area contributed by atoms with E-state index in [9.17, 15) is 0 Å². The van der Waals surface area contributed by atoms with Crippen LogP contribution in [0.5, 0.6) is 0 Å². The van der Waals surface area contributed by atoms with Gasteiger partial charge in [0.1, 0.15) is 0 Å². The molecule has 1 aromatic heterocycles. The molecular formula is C16H22BrN3O. The van der Waals surface area contributed by atoms with Gasteiger partial charge in [-0.15, -0.1) is 0 Å². The molecule has 0 saturated carbocycles. The fraction of sp³-hybridized carbons (Fsp3) is 0.438. The number of aryl methyl sites for hydroxylation is 1. The summed E-state index contributed by atoms with van der Waals surface area (Å²) < 4.78 is 8.22. The summed E-state index contributed by atoms with van der Waals surface area (Å²) in [6.07, 6.45) is 2.08. The average Bonchev–Trinajstić information content (AvgIpc) is 2.81. The highest BCUT2D eigenvalue weighted by atomic mass is 79.9. The van der Waals surface area contributed by atoms with Crippen LogP contribution >= 0.6 is 15.9 Å². The van der Waals surface area contributed by atoms with Crippen LogP contribution in [0.25, 0.3) is 0 Å². The lowest BCUT2D eigenvalue weighted by Crippen LogP contribution is -2.05. The Morgan fingerprint density at radius 1 is 1.38 bits per heavy atom. The topological polar surface area (TPSA) is 39.1 Å². The van der Waals surface area contributed by atoms with Gasteiger partial charge in [0.15, 0.2) is 0 Å². The number of nitrogens with zero attached hydrogens (tertiary/aromatic N) is 2. The second-order valence-electron chi connectivity index (χ2n) is 5.42. The van der Waals surface area contributed by atoms with E-state index in [1.54, 1.807) is 7.11 Å². The van der Waals surface area contributed by atoms with E-state index in [2.05, 4.69) is 52.5 Å². The van der Waals surface area contributed by atoms with Gasteiger partial charge in [-0.2, -0.15) is 5.10 Å². The molecule has 0 saturated heterocycles. The smallest absolute Gasteiger partial charge is 0.0744 e. The highest BCUT2D eigenvalue weighted by Crippen LogP contribution is 2.26. The fourth-order valence-corrected chi connectivity index (χ4v) is 2.86. The number of rotatable bonds is 6. The van der Waals surface area contributed by atoms with E-state index < -0.39 is 0 Å². The van der Waals surface area contributed by atoms with Gasteiger partial charge in [-0.25, -0.2) is 0 Å². The maximum absolute atomic E-state index is 5.28. The van der Waals surface area contributed by atoms with Gasteiger partial charge in [0.25, 0.3) is 0 Å². The van der Waals surface area contributed by atoms with Gasteiger partial charge >= 0.3 is 0 Å². The minimum Gasteiger partial charge on any atom is -0.381 e. The summed E-state index contributed by atoms with van der Waals surface area (Å²) in [5, 5.41) is 8.04. The molecule has 4 nitrogen and oxygen atoms in total. The molecule has 1 aromatic carbocycles. The van der Waals surface area contributed by atoms with Crippen LogP contribution < -0.4 is 5.32 Å². The quantitative estimate of drug-likeness (QED) is 0.852. The Morgan fingerprint density at radius 3 is 2.81 bits per heavy atom. The van der Waals surface area contributed by atoms with Crippen molar-refractivity contribution in [2.45, 2.75) is 32.9 Å². The number of halogens is 1. The van der Waals surface area contributed by atoms with Crippen molar-refractivity contribution in [3.8, 4) is 0 Å². The highest BCUT2D eigenvalue weighted by Gasteiger charge is 2.12. The maximum Gasteiger partial charge on any atom is 0.0744 e. The number of benzene rings is 1. The summed E-state index contributed by atoms with van der Waals surface area (Å²) >= 11 is 3.58. The van der Waals surface area contributed by atoms with Crippen molar-refractivity contribution >= 4 is 21.6 Å². The molecule has 21 heavy (non-hydrogen) atoms. The van der Waals surface area contributed by atoms with Gasteiger partial charge < -0.3 is 10.1 Å². The summed E-state index contributed by atoms with van der Waals surface area (Å²) in [4.78, 5) is 0. The molecule has 0 aliphatic carbocycles. The minimum absolute atomic E-state index is 0.420. The molecule has 0 fully saturated rings.